The Morgan fingerprint density at radius 3 is 2.47 bits per heavy atom. The van der Waals surface area contributed by atoms with Crippen LogP contribution in [0.15, 0.2) is 48.5 Å². The fourth-order valence-electron chi connectivity index (χ4n) is 1.89. The van der Waals surface area contributed by atoms with Gasteiger partial charge in [0, 0.05) is 12.6 Å². The van der Waals surface area contributed by atoms with Crippen molar-refractivity contribution in [2.75, 3.05) is 14.2 Å². The highest BCUT2D eigenvalue weighted by Gasteiger charge is 1.99. The Labute approximate surface area is 114 Å². The maximum atomic E-state index is 5.77. The van der Waals surface area contributed by atoms with Crippen molar-refractivity contribution >= 4 is 0 Å². The molecule has 1 N–H and O–H groups in total. The SMILES string of the molecule is CNCc1cccc(COc2cccc(OC)c2)c1. The topological polar surface area (TPSA) is 30.5 Å². The van der Waals surface area contributed by atoms with Gasteiger partial charge in [-0.25, -0.2) is 0 Å². The Hall–Kier alpha value is -2.00. The van der Waals surface area contributed by atoms with Crippen LogP contribution in [0.1, 0.15) is 11.1 Å². The summed E-state index contributed by atoms with van der Waals surface area (Å²) in [6, 6.07) is 16.0. The molecule has 2 rings (SSSR count). The van der Waals surface area contributed by atoms with Crippen molar-refractivity contribution in [2.24, 2.45) is 0 Å². The largest absolute Gasteiger partial charge is 0.497 e. The van der Waals surface area contributed by atoms with Gasteiger partial charge in [0.1, 0.15) is 18.1 Å². The molecule has 3 nitrogen and oxygen atoms in total. The molecule has 3 heteroatoms. The van der Waals surface area contributed by atoms with Gasteiger partial charge in [0.25, 0.3) is 0 Å². The number of nitrogens with one attached hydrogen (secondary N) is 1. The van der Waals surface area contributed by atoms with Crippen LogP contribution in [0.5, 0.6) is 11.5 Å². The van der Waals surface area contributed by atoms with Crippen LogP contribution in [0.4, 0.5) is 0 Å². The number of hydrogen-bond acceptors (Lipinski definition) is 3. The van der Waals surface area contributed by atoms with E-state index in [0.29, 0.717) is 6.61 Å². The van der Waals surface area contributed by atoms with Gasteiger partial charge in [-0.1, -0.05) is 30.3 Å². The minimum atomic E-state index is 0.560. The quantitative estimate of drug-likeness (QED) is 0.863. The van der Waals surface area contributed by atoms with Crippen LogP contribution < -0.4 is 14.8 Å². The van der Waals surface area contributed by atoms with Gasteiger partial charge in [0.05, 0.1) is 7.11 Å². The van der Waals surface area contributed by atoms with Crippen molar-refractivity contribution in [2.45, 2.75) is 13.2 Å². The van der Waals surface area contributed by atoms with Gasteiger partial charge in [0.15, 0.2) is 0 Å². The predicted octanol–water partition coefficient (Wildman–Crippen LogP) is 2.99. The van der Waals surface area contributed by atoms with E-state index in [1.807, 2.05) is 31.3 Å². The first-order chi connectivity index (χ1) is 9.31. The van der Waals surface area contributed by atoms with Crippen LogP contribution in [0.25, 0.3) is 0 Å². The number of ether oxygens (including phenoxy) is 2. The van der Waals surface area contributed by atoms with Crippen molar-refractivity contribution in [3.8, 4) is 11.5 Å². The molecule has 0 radical (unpaired) electrons. The van der Waals surface area contributed by atoms with E-state index in [9.17, 15) is 0 Å². The zero-order chi connectivity index (χ0) is 13.5. The maximum absolute atomic E-state index is 5.77. The smallest absolute Gasteiger partial charge is 0.123 e. The van der Waals surface area contributed by atoms with Crippen molar-refractivity contribution in [3.05, 3.63) is 59.7 Å². The van der Waals surface area contributed by atoms with E-state index < -0.39 is 0 Å². The molecule has 0 amide bonds. The van der Waals surface area contributed by atoms with E-state index in [-0.39, 0.29) is 0 Å². The molecule has 0 fully saturated rings. The summed E-state index contributed by atoms with van der Waals surface area (Å²) in [5.41, 5.74) is 2.42. The average Bonchev–Trinajstić information content (AvgIpc) is 2.46. The van der Waals surface area contributed by atoms with E-state index in [4.69, 9.17) is 9.47 Å². The molecule has 0 aliphatic heterocycles. The predicted molar refractivity (Wildman–Crippen MR) is 76.5 cm³/mol. The lowest BCUT2D eigenvalue weighted by atomic mass is 10.1. The summed E-state index contributed by atoms with van der Waals surface area (Å²) in [6.07, 6.45) is 0. The summed E-state index contributed by atoms with van der Waals surface area (Å²) in [6.45, 7) is 1.43. The molecule has 0 aromatic heterocycles. The molecule has 0 bridgehead atoms. The van der Waals surface area contributed by atoms with Gasteiger partial charge in [-0.2, -0.15) is 0 Å². The number of hydrogen-bond donors (Lipinski definition) is 1. The second-order valence-corrected chi connectivity index (χ2v) is 4.32. The second-order valence-electron chi connectivity index (χ2n) is 4.32. The van der Waals surface area contributed by atoms with Crippen LogP contribution in [0.3, 0.4) is 0 Å². The third kappa shape index (κ3) is 4.00. The molecule has 19 heavy (non-hydrogen) atoms. The monoisotopic (exact) mass is 257 g/mol. The highest BCUT2D eigenvalue weighted by atomic mass is 16.5. The number of methoxy groups -OCH3 is 1. The van der Waals surface area contributed by atoms with Crippen LogP contribution in [-0.4, -0.2) is 14.2 Å². The van der Waals surface area contributed by atoms with E-state index >= 15 is 0 Å². The van der Waals surface area contributed by atoms with E-state index in [1.54, 1.807) is 7.11 Å². The first-order valence-electron chi connectivity index (χ1n) is 6.31. The zero-order valence-electron chi connectivity index (χ0n) is 11.3. The Balaban J connectivity index is 1.99. The molecule has 0 aliphatic carbocycles. The lowest BCUT2D eigenvalue weighted by Crippen LogP contribution is -2.05. The fourth-order valence-corrected chi connectivity index (χ4v) is 1.89. The third-order valence-electron chi connectivity index (χ3n) is 2.82. The van der Waals surface area contributed by atoms with Crippen molar-refractivity contribution < 1.29 is 9.47 Å². The second kappa shape index (κ2) is 6.81. The molecule has 0 heterocycles. The van der Waals surface area contributed by atoms with Gasteiger partial charge < -0.3 is 14.8 Å². The van der Waals surface area contributed by atoms with Crippen molar-refractivity contribution in [1.29, 1.82) is 0 Å². The van der Waals surface area contributed by atoms with Crippen molar-refractivity contribution in [1.82, 2.24) is 5.32 Å². The molecule has 0 saturated heterocycles. The Kier molecular flexibility index (Phi) is 4.81. The fraction of sp³-hybridized carbons (Fsp3) is 0.250. The average molecular weight is 257 g/mol. The summed E-state index contributed by atoms with van der Waals surface area (Å²) in [4.78, 5) is 0. The molecule has 0 atom stereocenters. The molecule has 2 aromatic carbocycles. The number of rotatable bonds is 6. The summed E-state index contributed by atoms with van der Waals surface area (Å²) in [7, 11) is 3.60. The molecule has 0 aliphatic rings. The molecule has 2 aromatic rings. The van der Waals surface area contributed by atoms with E-state index in [2.05, 4.69) is 29.6 Å². The molecule has 0 unspecified atom stereocenters. The van der Waals surface area contributed by atoms with E-state index in [1.165, 1.54) is 5.56 Å². The molecule has 0 spiro atoms. The van der Waals surface area contributed by atoms with Crippen LogP contribution in [-0.2, 0) is 13.2 Å². The maximum Gasteiger partial charge on any atom is 0.123 e. The van der Waals surface area contributed by atoms with Crippen LogP contribution in [0.2, 0.25) is 0 Å². The number of benzene rings is 2. The summed E-state index contributed by atoms with van der Waals surface area (Å²) in [5.74, 6) is 1.62. The third-order valence-corrected chi connectivity index (χ3v) is 2.82. The minimum absolute atomic E-state index is 0.560. The lowest BCUT2D eigenvalue weighted by molar-refractivity contribution is 0.303. The minimum Gasteiger partial charge on any atom is -0.497 e. The van der Waals surface area contributed by atoms with Gasteiger partial charge >= 0.3 is 0 Å². The molecular weight excluding hydrogens is 238 g/mol. The summed E-state index contributed by atoms with van der Waals surface area (Å²) in [5, 5.41) is 3.14. The van der Waals surface area contributed by atoms with Gasteiger partial charge in [-0.3, -0.25) is 0 Å². The highest BCUT2D eigenvalue weighted by molar-refractivity contribution is 5.33. The van der Waals surface area contributed by atoms with Crippen molar-refractivity contribution in [3.63, 3.8) is 0 Å². The molecular formula is C16H19NO2. The Bertz CT molecular complexity index is 526. The standard InChI is InChI=1S/C16H19NO2/c1-17-11-13-5-3-6-14(9-13)12-19-16-8-4-7-15(10-16)18-2/h3-10,17H,11-12H2,1-2H3. The zero-order valence-corrected chi connectivity index (χ0v) is 11.3. The van der Waals surface area contributed by atoms with E-state index in [0.717, 1.165) is 23.6 Å². The van der Waals surface area contributed by atoms with Crippen LogP contribution in [0, 0.1) is 0 Å². The molecule has 0 saturated carbocycles. The van der Waals surface area contributed by atoms with Crippen LogP contribution >= 0.6 is 0 Å². The summed E-state index contributed by atoms with van der Waals surface area (Å²) >= 11 is 0. The highest BCUT2D eigenvalue weighted by Crippen LogP contribution is 2.20. The Morgan fingerprint density at radius 2 is 1.68 bits per heavy atom. The normalized spacial score (nSPS) is 10.2. The first kappa shape index (κ1) is 13.4. The summed E-state index contributed by atoms with van der Waals surface area (Å²) < 4.78 is 10.9. The van der Waals surface area contributed by atoms with Gasteiger partial charge in [0.2, 0.25) is 0 Å². The van der Waals surface area contributed by atoms with Gasteiger partial charge in [-0.05, 0) is 30.3 Å². The Morgan fingerprint density at radius 1 is 0.947 bits per heavy atom. The molecule has 100 valence electrons. The van der Waals surface area contributed by atoms with Gasteiger partial charge in [-0.15, -0.1) is 0 Å². The first-order valence-corrected chi connectivity index (χ1v) is 6.31. The lowest BCUT2D eigenvalue weighted by Gasteiger charge is -2.09.